The van der Waals surface area contributed by atoms with Crippen LogP contribution in [-0.4, -0.2) is 6.04 Å². The van der Waals surface area contributed by atoms with Crippen LogP contribution in [0.25, 0.3) is 33.0 Å². The molecule has 3 aliphatic rings. The van der Waals surface area contributed by atoms with Crippen LogP contribution >= 0.6 is 0 Å². The molecule has 8 rings (SSSR count). The minimum atomic E-state index is -0.120. The minimum Gasteiger partial charge on any atom is -0.334 e. The van der Waals surface area contributed by atoms with Crippen molar-refractivity contribution in [2.45, 2.75) is 51.0 Å². The molecule has 0 bridgehead atoms. The maximum atomic E-state index is 2.56. The summed E-state index contributed by atoms with van der Waals surface area (Å²) in [5, 5.41) is 2.65. The Balaban J connectivity index is 1.41. The molecule has 41 heavy (non-hydrogen) atoms. The molecule has 5 aromatic carbocycles. The molecule has 0 spiro atoms. The molecule has 1 unspecified atom stereocenters. The molecule has 0 aliphatic heterocycles. The van der Waals surface area contributed by atoms with E-state index in [4.69, 9.17) is 0 Å². The number of hydrogen-bond donors (Lipinski definition) is 0. The predicted molar refractivity (Wildman–Crippen MR) is 174 cm³/mol. The Morgan fingerprint density at radius 3 is 2.02 bits per heavy atom. The van der Waals surface area contributed by atoms with Crippen molar-refractivity contribution in [1.82, 2.24) is 0 Å². The molecule has 0 radical (unpaired) electrons. The fourth-order valence-corrected chi connectivity index (χ4v) is 7.81. The van der Waals surface area contributed by atoms with Crippen LogP contribution < -0.4 is 4.90 Å². The van der Waals surface area contributed by atoms with E-state index in [1.807, 2.05) is 0 Å². The molecule has 0 saturated heterocycles. The smallest absolute Gasteiger partial charge is 0.0560 e. The van der Waals surface area contributed by atoms with Crippen molar-refractivity contribution in [3.63, 3.8) is 0 Å². The lowest BCUT2D eigenvalue weighted by molar-refractivity contribution is 0.652. The summed E-state index contributed by atoms with van der Waals surface area (Å²) < 4.78 is 0. The second-order valence-electron chi connectivity index (χ2n) is 12.9. The second-order valence-corrected chi connectivity index (χ2v) is 12.9. The van der Waals surface area contributed by atoms with Gasteiger partial charge in [-0.1, -0.05) is 119 Å². The highest BCUT2D eigenvalue weighted by atomic mass is 15.2. The molecule has 5 aromatic rings. The van der Waals surface area contributed by atoms with E-state index < -0.39 is 0 Å². The third kappa shape index (κ3) is 3.36. The van der Waals surface area contributed by atoms with E-state index in [2.05, 4.69) is 154 Å². The summed E-state index contributed by atoms with van der Waals surface area (Å²) in [4.78, 5) is 2.56. The first-order valence-electron chi connectivity index (χ1n) is 14.9. The van der Waals surface area contributed by atoms with Gasteiger partial charge in [0.05, 0.1) is 6.04 Å². The maximum absolute atomic E-state index is 2.56. The van der Waals surface area contributed by atoms with Gasteiger partial charge in [-0.3, -0.25) is 0 Å². The molecular formula is C40H35N. The summed E-state index contributed by atoms with van der Waals surface area (Å²) in [6, 6.07) is 36.8. The van der Waals surface area contributed by atoms with Crippen LogP contribution in [0.2, 0.25) is 0 Å². The number of fused-ring (bicyclic) bond motifs is 8. The Bertz CT molecular complexity index is 1920. The van der Waals surface area contributed by atoms with Gasteiger partial charge in [-0.05, 0) is 86.6 Å². The first-order chi connectivity index (χ1) is 19.9. The topological polar surface area (TPSA) is 3.24 Å². The van der Waals surface area contributed by atoms with Crippen LogP contribution in [0.3, 0.4) is 0 Å². The van der Waals surface area contributed by atoms with Gasteiger partial charge in [0.2, 0.25) is 0 Å². The van der Waals surface area contributed by atoms with Crippen molar-refractivity contribution >= 4 is 22.1 Å². The molecule has 1 atom stereocenters. The Labute approximate surface area is 243 Å². The first kappa shape index (κ1) is 24.4. The molecule has 0 fully saturated rings. The molecule has 200 valence electrons. The number of allylic oxidation sites excluding steroid dienone is 2. The van der Waals surface area contributed by atoms with E-state index >= 15 is 0 Å². The minimum absolute atomic E-state index is 0.0193. The monoisotopic (exact) mass is 529 g/mol. The Kier molecular flexibility index (Phi) is 5.11. The van der Waals surface area contributed by atoms with Crippen molar-refractivity contribution in [3.05, 3.63) is 144 Å². The lowest BCUT2D eigenvalue weighted by Crippen LogP contribution is -2.30. The summed E-state index contributed by atoms with van der Waals surface area (Å²) in [6.45, 7) is 9.61. The summed E-state index contributed by atoms with van der Waals surface area (Å²) in [5.41, 5.74) is 13.7. The molecule has 1 heteroatoms. The van der Waals surface area contributed by atoms with Crippen LogP contribution in [0.5, 0.6) is 0 Å². The summed E-state index contributed by atoms with van der Waals surface area (Å²) >= 11 is 0. The lowest BCUT2D eigenvalue weighted by atomic mass is 9.79. The van der Waals surface area contributed by atoms with E-state index in [1.54, 1.807) is 0 Å². The molecule has 1 nitrogen and oxygen atoms in total. The maximum Gasteiger partial charge on any atom is 0.0560 e. The zero-order valence-electron chi connectivity index (χ0n) is 24.3. The van der Waals surface area contributed by atoms with E-state index in [1.165, 1.54) is 66.7 Å². The first-order valence-corrected chi connectivity index (χ1v) is 14.9. The molecule has 0 aromatic heterocycles. The van der Waals surface area contributed by atoms with Gasteiger partial charge >= 0.3 is 0 Å². The fourth-order valence-electron chi connectivity index (χ4n) is 7.81. The van der Waals surface area contributed by atoms with Gasteiger partial charge in [0.1, 0.15) is 0 Å². The Hall–Kier alpha value is -4.36. The normalized spacial score (nSPS) is 18.6. The van der Waals surface area contributed by atoms with Crippen molar-refractivity contribution < 1.29 is 0 Å². The molecular weight excluding hydrogens is 494 g/mol. The highest BCUT2D eigenvalue weighted by Gasteiger charge is 2.42. The number of rotatable bonds is 3. The van der Waals surface area contributed by atoms with E-state index in [0.717, 1.165) is 6.42 Å². The van der Waals surface area contributed by atoms with Gasteiger partial charge in [0, 0.05) is 27.6 Å². The third-order valence-corrected chi connectivity index (χ3v) is 9.94. The number of para-hydroxylation sites is 1. The van der Waals surface area contributed by atoms with Crippen LogP contribution in [0, 0.1) is 0 Å². The van der Waals surface area contributed by atoms with Gasteiger partial charge in [-0.25, -0.2) is 0 Å². The summed E-state index contributed by atoms with van der Waals surface area (Å²) in [6.07, 6.45) is 9.98. The summed E-state index contributed by atoms with van der Waals surface area (Å²) in [5.74, 6) is 0. The molecule has 0 saturated carbocycles. The molecule has 3 aliphatic carbocycles. The van der Waals surface area contributed by atoms with E-state index in [0.29, 0.717) is 0 Å². The second kappa shape index (κ2) is 8.57. The molecule has 0 N–H and O–H groups in total. The third-order valence-electron chi connectivity index (χ3n) is 9.94. The average Bonchev–Trinajstić information content (AvgIpc) is 3.37. The number of benzene rings is 5. The molecule has 0 amide bonds. The average molecular weight is 530 g/mol. The van der Waals surface area contributed by atoms with Gasteiger partial charge in [-0.15, -0.1) is 0 Å². The van der Waals surface area contributed by atoms with Crippen molar-refractivity contribution in [2.24, 2.45) is 0 Å². The van der Waals surface area contributed by atoms with Crippen molar-refractivity contribution in [2.75, 3.05) is 4.90 Å². The predicted octanol–water partition coefficient (Wildman–Crippen LogP) is 10.5. The largest absolute Gasteiger partial charge is 0.334 e. The highest BCUT2D eigenvalue weighted by Crippen LogP contribution is 2.58. The van der Waals surface area contributed by atoms with Crippen LogP contribution in [0.4, 0.5) is 11.4 Å². The van der Waals surface area contributed by atoms with Gasteiger partial charge in [-0.2, -0.15) is 0 Å². The van der Waals surface area contributed by atoms with Crippen LogP contribution in [0.15, 0.2) is 121 Å². The zero-order chi connectivity index (χ0) is 27.9. The number of anilines is 2. The van der Waals surface area contributed by atoms with Crippen molar-refractivity contribution in [3.8, 4) is 22.3 Å². The van der Waals surface area contributed by atoms with Crippen LogP contribution in [0.1, 0.15) is 56.4 Å². The van der Waals surface area contributed by atoms with Crippen LogP contribution in [-0.2, 0) is 10.8 Å². The number of nitrogens with zero attached hydrogens (tertiary/aromatic N) is 1. The fraction of sp³-hybridized carbons (Fsp3) is 0.200. The summed E-state index contributed by atoms with van der Waals surface area (Å²) in [7, 11) is 0. The van der Waals surface area contributed by atoms with E-state index in [9.17, 15) is 0 Å². The quantitative estimate of drug-likeness (QED) is 0.225. The molecule has 0 heterocycles. The van der Waals surface area contributed by atoms with Gasteiger partial charge in [0.25, 0.3) is 0 Å². The van der Waals surface area contributed by atoms with Crippen molar-refractivity contribution in [1.29, 1.82) is 0 Å². The van der Waals surface area contributed by atoms with Gasteiger partial charge in [0.15, 0.2) is 0 Å². The zero-order valence-corrected chi connectivity index (χ0v) is 24.3. The SMILES string of the molecule is CC1(C)c2ccccc2-c2cc3c(cc21)-c1c(cc(N(c2ccccc2)C2C=CC=CC2)c2ccccc12)C3(C)C. The highest BCUT2D eigenvalue weighted by molar-refractivity contribution is 6.09. The standard InChI is InChI=1S/C40H35N/c1-39(2)33-22-14-13-19-28(33)31-23-35-32(24-34(31)39)38-30-21-12-11-20-29(30)37(25-36(38)40(35,3)4)41(26-15-7-5-8-16-26)27-17-9-6-10-18-27/h5-17,19-25,27H,18H2,1-4H3. The number of hydrogen-bond acceptors (Lipinski definition) is 1. The van der Waals surface area contributed by atoms with E-state index in [-0.39, 0.29) is 16.9 Å². The Morgan fingerprint density at radius 2 is 1.24 bits per heavy atom. The van der Waals surface area contributed by atoms with Gasteiger partial charge < -0.3 is 4.90 Å². The Morgan fingerprint density at radius 1 is 0.585 bits per heavy atom. The lowest BCUT2D eigenvalue weighted by Gasteiger charge is -2.35.